The minimum absolute atomic E-state index is 0.0611. The van der Waals surface area contributed by atoms with Gasteiger partial charge in [0.2, 0.25) is 0 Å². The summed E-state index contributed by atoms with van der Waals surface area (Å²) in [5.41, 5.74) is 5.76. The lowest BCUT2D eigenvalue weighted by Crippen LogP contribution is -2.26. The van der Waals surface area contributed by atoms with Gasteiger partial charge in [0.05, 0.1) is 6.10 Å². The molecule has 0 aromatic heterocycles. The summed E-state index contributed by atoms with van der Waals surface area (Å²) in [7, 11) is 0. The molecule has 2 N–H and O–H groups in total. The quantitative estimate of drug-likeness (QED) is 0.545. The molecule has 0 aliphatic heterocycles. The van der Waals surface area contributed by atoms with E-state index in [-0.39, 0.29) is 11.5 Å². The second kappa shape index (κ2) is 11.1. The third-order valence-corrected chi connectivity index (χ3v) is 5.70. The number of phenols is 1. The van der Waals surface area contributed by atoms with Gasteiger partial charge in [-0.2, -0.15) is 0 Å². The number of phenolic OH excluding ortho intramolecular Hbond substituents is 1. The minimum atomic E-state index is -0.389. The Morgan fingerprint density at radius 2 is 1.43 bits per heavy atom. The molecule has 0 fully saturated rings. The molecule has 2 heteroatoms. The van der Waals surface area contributed by atoms with Crippen molar-refractivity contribution in [2.24, 2.45) is 0 Å². The summed E-state index contributed by atoms with van der Waals surface area (Å²) in [6.45, 7) is 14.5. The molecule has 0 amide bonds. The van der Waals surface area contributed by atoms with Crippen LogP contribution in [-0.4, -0.2) is 16.3 Å². The molecule has 154 valence electrons. The van der Waals surface area contributed by atoms with E-state index < -0.39 is 0 Å². The zero-order valence-corrected chi connectivity index (χ0v) is 18.7. The van der Waals surface area contributed by atoms with E-state index in [1.165, 1.54) is 16.7 Å². The van der Waals surface area contributed by atoms with Crippen molar-refractivity contribution >= 4 is 6.08 Å². The highest BCUT2D eigenvalue weighted by Crippen LogP contribution is 2.40. The number of aliphatic hydroxyl groups excluding tert-OH is 1. The Kier molecular flexibility index (Phi) is 9.48. The van der Waals surface area contributed by atoms with Crippen LogP contribution in [0.1, 0.15) is 81.7 Å². The van der Waals surface area contributed by atoms with E-state index in [9.17, 15) is 10.2 Å². The Morgan fingerprint density at radius 3 is 1.89 bits per heavy atom. The van der Waals surface area contributed by atoms with Crippen molar-refractivity contribution in [3.05, 3.63) is 70.3 Å². The van der Waals surface area contributed by atoms with Crippen molar-refractivity contribution < 1.29 is 10.2 Å². The average Bonchev–Trinajstić information content (AvgIpc) is 2.72. The molecule has 0 saturated heterocycles. The molecule has 0 spiro atoms. The number of benzene rings is 2. The van der Waals surface area contributed by atoms with Gasteiger partial charge in [-0.3, -0.25) is 0 Å². The molecule has 0 aliphatic rings. The molecule has 2 aromatic rings. The minimum Gasteiger partial charge on any atom is -0.508 e. The van der Waals surface area contributed by atoms with Crippen LogP contribution in [0.2, 0.25) is 0 Å². The predicted molar refractivity (Wildman–Crippen MR) is 122 cm³/mol. The first-order valence-corrected chi connectivity index (χ1v) is 10.6. The van der Waals surface area contributed by atoms with Gasteiger partial charge >= 0.3 is 0 Å². The molecule has 2 aromatic carbocycles. The van der Waals surface area contributed by atoms with Gasteiger partial charge in [0.25, 0.3) is 0 Å². The summed E-state index contributed by atoms with van der Waals surface area (Å²) in [6, 6.07) is 12.6. The lowest BCUT2D eigenvalue weighted by Gasteiger charge is -2.34. The number of hydrogen-bond acceptors (Lipinski definition) is 2. The molecule has 28 heavy (non-hydrogen) atoms. The maximum absolute atomic E-state index is 9.90. The van der Waals surface area contributed by atoms with Crippen LogP contribution in [0.3, 0.4) is 0 Å². The van der Waals surface area contributed by atoms with Gasteiger partial charge in [-0.25, -0.2) is 0 Å². The first-order valence-electron chi connectivity index (χ1n) is 10.6. The van der Waals surface area contributed by atoms with E-state index in [0.29, 0.717) is 5.75 Å². The number of rotatable bonds is 7. The Labute approximate surface area is 172 Å². The summed E-state index contributed by atoms with van der Waals surface area (Å²) in [5, 5.41) is 19.7. The van der Waals surface area contributed by atoms with E-state index in [1.54, 1.807) is 6.07 Å². The standard InChI is InChI=1S/C24H32O2.C2H6/c1-6-22(25)13-10-19-9-11-20(15-17(19)4)24(7-2,8-3)21-12-14-23(26)18(5)16-21;1-2/h9-16,22,25-26H,6-8H2,1-5H3;1-2H3/b13-10+;. The molecular weight excluding hydrogens is 344 g/mol. The molecule has 1 atom stereocenters. The zero-order chi connectivity index (χ0) is 21.3. The Balaban J connectivity index is 0.00000190. The van der Waals surface area contributed by atoms with E-state index in [4.69, 9.17) is 0 Å². The van der Waals surface area contributed by atoms with Gasteiger partial charge in [-0.1, -0.05) is 77.1 Å². The highest BCUT2D eigenvalue weighted by atomic mass is 16.3. The molecule has 0 aliphatic carbocycles. The van der Waals surface area contributed by atoms with Crippen LogP contribution in [0.5, 0.6) is 5.75 Å². The van der Waals surface area contributed by atoms with Crippen LogP contribution in [0, 0.1) is 13.8 Å². The van der Waals surface area contributed by atoms with Gasteiger partial charge in [0.15, 0.2) is 0 Å². The monoisotopic (exact) mass is 382 g/mol. The third kappa shape index (κ3) is 5.26. The van der Waals surface area contributed by atoms with E-state index in [2.05, 4.69) is 51.1 Å². The van der Waals surface area contributed by atoms with Gasteiger partial charge in [0.1, 0.15) is 5.75 Å². The Bertz CT molecular complexity index is 770. The summed E-state index contributed by atoms with van der Waals surface area (Å²) in [5.74, 6) is 0.348. The van der Waals surface area contributed by atoms with Crippen molar-refractivity contribution in [2.75, 3.05) is 0 Å². The van der Waals surface area contributed by atoms with Crippen molar-refractivity contribution in [2.45, 2.75) is 79.2 Å². The van der Waals surface area contributed by atoms with Crippen LogP contribution in [0.4, 0.5) is 0 Å². The average molecular weight is 383 g/mol. The van der Waals surface area contributed by atoms with Crippen LogP contribution in [-0.2, 0) is 5.41 Å². The molecule has 2 nitrogen and oxygen atoms in total. The fraction of sp³-hybridized carbons (Fsp3) is 0.462. The zero-order valence-electron chi connectivity index (χ0n) is 18.7. The lowest BCUT2D eigenvalue weighted by atomic mass is 9.70. The third-order valence-electron chi connectivity index (χ3n) is 5.70. The van der Waals surface area contributed by atoms with Gasteiger partial charge in [0, 0.05) is 5.41 Å². The Hall–Kier alpha value is -2.06. The normalized spacial score (nSPS) is 12.6. The maximum Gasteiger partial charge on any atom is 0.118 e. The topological polar surface area (TPSA) is 40.5 Å². The van der Waals surface area contributed by atoms with E-state index in [0.717, 1.165) is 30.4 Å². The molecule has 0 saturated carbocycles. The fourth-order valence-corrected chi connectivity index (χ4v) is 3.70. The van der Waals surface area contributed by atoms with Crippen molar-refractivity contribution in [3.63, 3.8) is 0 Å². The van der Waals surface area contributed by atoms with E-state index in [1.807, 2.05) is 39.8 Å². The fourth-order valence-electron chi connectivity index (χ4n) is 3.70. The van der Waals surface area contributed by atoms with Gasteiger partial charge in [-0.15, -0.1) is 0 Å². The Morgan fingerprint density at radius 1 is 0.893 bits per heavy atom. The summed E-state index contributed by atoms with van der Waals surface area (Å²) in [4.78, 5) is 0. The maximum atomic E-state index is 9.90. The first kappa shape index (κ1) is 24.0. The van der Waals surface area contributed by atoms with Crippen molar-refractivity contribution in [3.8, 4) is 5.75 Å². The largest absolute Gasteiger partial charge is 0.508 e. The molecular formula is C26H38O2. The summed E-state index contributed by atoms with van der Waals surface area (Å²) < 4.78 is 0. The lowest BCUT2D eigenvalue weighted by molar-refractivity contribution is 0.220. The molecule has 0 heterocycles. The number of aryl methyl sites for hydroxylation is 2. The molecule has 2 rings (SSSR count). The van der Waals surface area contributed by atoms with Crippen molar-refractivity contribution in [1.82, 2.24) is 0 Å². The number of aromatic hydroxyl groups is 1. The second-order valence-electron chi connectivity index (χ2n) is 7.20. The number of hydrogen-bond donors (Lipinski definition) is 2. The summed E-state index contributed by atoms with van der Waals surface area (Å²) in [6.07, 6.45) is 6.20. The van der Waals surface area contributed by atoms with Gasteiger partial charge in [-0.05, 0) is 67.0 Å². The van der Waals surface area contributed by atoms with Crippen LogP contribution >= 0.6 is 0 Å². The van der Waals surface area contributed by atoms with E-state index >= 15 is 0 Å². The van der Waals surface area contributed by atoms with Crippen LogP contribution < -0.4 is 0 Å². The molecule has 0 radical (unpaired) electrons. The van der Waals surface area contributed by atoms with Crippen LogP contribution in [0.25, 0.3) is 6.08 Å². The highest BCUT2D eigenvalue weighted by molar-refractivity contribution is 5.56. The SMILES string of the molecule is CC.CCC(O)/C=C/c1ccc(C(CC)(CC)c2ccc(O)c(C)c2)cc1C. The summed E-state index contributed by atoms with van der Waals surface area (Å²) >= 11 is 0. The smallest absolute Gasteiger partial charge is 0.118 e. The van der Waals surface area contributed by atoms with Crippen molar-refractivity contribution in [1.29, 1.82) is 0 Å². The van der Waals surface area contributed by atoms with Gasteiger partial charge < -0.3 is 10.2 Å². The van der Waals surface area contributed by atoms with Crippen LogP contribution in [0.15, 0.2) is 42.5 Å². The predicted octanol–water partition coefficient (Wildman–Crippen LogP) is 6.93. The second-order valence-corrected chi connectivity index (χ2v) is 7.20. The molecule has 1 unspecified atom stereocenters. The number of aliphatic hydroxyl groups is 1. The molecule has 0 bridgehead atoms. The first-order chi connectivity index (χ1) is 13.4. The highest BCUT2D eigenvalue weighted by Gasteiger charge is 2.31.